The zero-order valence-corrected chi connectivity index (χ0v) is 9.42. The molecule has 0 aliphatic rings. The van der Waals surface area contributed by atoms with E-state index < -0.39 is 0 Å². The third kappa shape index (κ3) is 2.67. The second kappa shape index (κ2) is 4.75. The predicted octanol–water partition coefficient (Wildman–Crippen LogP) is 0.281. The van der Waals surface area contributed by atoms with Gasteiger partial charge in [-0.15, -0.1) is 0 Å². The Labute approximate surface area is 98.1 Å². The standard InChI is InChI=1S/C11H13N5O/c1-8-2-5-11(17)16(15-8)7-9-3-4-10(14-12)13-6-9/h2-6H,7,12H2,1H3,(H,13,14). The van der Waals surface area contributed by atoms with Crippen LogP contribution in [0.5, 0.6) is 0 Å². The van der Waals surface area contributed by atoms with Crippen LogP contribution in [-0.4, -0.2) is 14.8 Å². The summed E-state index contributed by atoms with van der Waals surface area (Å²) < 4.78 is 1.40. The summed E-state index contributed by atoms with van der Waals surface area (Å²) in [5, 5.41) is 4.15. The van der Waals surface area contributed by atoms with E-state index in [1.54, 1.807) is 18.3 Å². The molecule has 0 spiro atoms. The number of hydrogen-bond acceptors (Lipinski definition) is 5. The van der Waals surface area contributed by atoms with Crippen LogP contribution in [0.3, 0.4) is 0 Å². The Balaban J connectivity index is 2.25. The minimum atomic E-state index is -0.128. The van der Waals surface area contributed by atoms with E-state index in [0.717, 1.165) is 11.3 Å². The predicted molar refractivity (Wildman–Crippen MR) is 64.4 cm³/mol. The fraction of sp³-hybridized carbons (Fsp3) is 0.182. The second-order valence-electron chi connectivity index (χ2n) is 3.67. The van der Waals surface area contributed by atoms with Crippen LogP contribution in [0.15, 0.2) is 35.3 Å². The molecule has 0 radical (unpaired) electrons. The molecule has 2 aromatic heterocycles. The van der Waals surface area contributed by atoms with Crippen molar-refractivity contribution in [1.29, 1.82) is 0 Å². The van der Waals surface area contributed by atoms with Gasteiger partial charge in [-0.05, 0) is 24.6 Å². The van der Waals surface area contributed by atoms with Gasteiger partial charge in [-0.1, -0.05) is 6.07 Å². The highest BCUT2D eigenvalue weighted by Crippen LogP contribution is 2.04. The molecule has 0 saturated carbocycles. The van der Waals surface area contributed by atoms with Crippen molar-refractivity contribution >= 4 is 5.82 Å². The number of hydrogen-bond donors (Lipinski definition) is 2. The Morgan fingerprint density at radius 1 is 1.35 bits per heavy atom. The van der Waals surface area contributed by atoms with Crippen LogP contribution in [0.1, 0.15) is 11.3 Å². The molecular weight excluding hydrogens is 218 g/mol. The maximum atomic E-state index is 11.5. The maximum absolute atomic E-state index is 11.5. The van der Waals surface area contributed by atoms with Gasteiger partial charge in [-0.3, -0.25) is 4.79 Å². The molecule has 0 unspecified atom stereocenters. The van der Waals surface area contributed by atoms with E-state index in [2.05, 4.69) is 15.5 Å². The number of nitrogens with zero attached hydrogens (tertiary/aromatic N) is 3. The SMILES string of the molecule is Cc1ccc(=O)n(Cc2ccc(NN)nc2)n1. The number of nitrogens with one attached hydrogen (secondary N) is 1. The maximum Gasteiger partial charge on any atom is 0.267 e. The van der Waals surface area contributed by atoms with Gasteiger partial charge in [0.1, 0.15) is 5.82 Å². The number of nitrogen functional groups attached to an aromatic ring is 1. The van der Waals surface area contributed by atoms with Crippen molar-refractivity contribution in [3.05, 3.63) is 52.1 Å². The van der Waals surface area contributed by atoms with Crippen LogP contribution in [-0.2, 0) is 6.54 Å². The molecule has 0 amide bonds. The molecule has 0 saturated heterocycles. The summed E-state index contributed by atoms with van der Waals surface area (Å²) in [6.45, 7) is 2.24. The average molecular weight is 231 g/mol. The molecule has 0 atom stereocenters. The smallest absolute Gasteiger partial charge is 0.267 e. The molecule has 3 N–H and O–H groups in total. The number of nitrogens with two attached hydrogens (primary N) is 1. The molecule has 0 bridgehead atoms. The van der Waals surface area contributed by atoms with E-state index in [1.165, 1.54) is 10.7 Å². The Morgan fingerprint density at radius 3 is 2.82 bits per heavy atom. The molecule has 2 aromatic rings. The van der Waals surface area contributed by atoms with Crippen molar-refractivity contribution in [1.82, 2.24) is 14.8 Å². The number of aryl methyl sites for hydroxylation is 1. The number of anilines is 1. The summed E-state index contributed by atoms with van der Waals surface area (Å²) in [6.07, 6.45) is 1.66. The zero-order valence-electron chi connectivity index (χ0n) is 9.42. The Hall–Kier alpha value is -2.21. The number of pyridine rings is 1. The first kappa shape index (κ1) is 11.3. The quantitative estimate of drug-likeness (QED) is 0.585. The van der Waals surface area contributed by atoms with Crippen LogP contribution in [0.25, 0.3) is 0 Å². The average Bonchev–Trinajstić information content (AvgIpc) is 2.35. The summed E-state index contributed by atoms with van der Waals surface area (Å²) in [7, 11) is 0. The van der Waals surface area contributed by atoms with Gasteiger partial charge in [0.25, 0.3) is 5.56 Å². The van der Waals surface area contributed by atoms with Gasteiger partial charge in [0, 0.05) is 12.3 Å². The van der Waals surface area contributed by atoms with E-state index in [9.17, 15) is 4.79 Å². The Kier molecular flexibility index (Phi) is 3.15. The first-order chi connectivity index (χ1) is 8.19. The van der Waals surface area contributed by atoms with E-state index in [4.69, 9.17) is 5.84 Å². The van der Waals surface area contributed by atoms with Gasteiger partial charge in [0.15, 0.2) is 0 Å². The lowest BCUT2D eigenvalue weighted by Crippen LogP contribution is -2.23. The summed E-state index contributed by atoms with van der Waals surface area (Å²) in [5.41, 5.74) is 4.01. The van der Waals surface area contributed by atoms with E-state index in [1.807, 2.05) is 13.0 Å². The minimum Gasteiger partial charge on any atom is -0.308 e. The Morgan fingerprint density at radius 2 is 2.18 bits per heavy atom. The van der Waals surface area contributed by atoms with Gasteiger partial charge in [-0.2, -0.15) is 5.10 Å². The van der Waals surface area contributed by atoms with E-state index >= 15 is 0 Å². The minimum absolute atomic E-state index is 0.128. The molecule has 17 heavy (non-hydrogen) atoms. The molecular formula is C11H13N5O. The summed E-state index contributed by atoms with van der Waals surface area (Å²) >= 11 is 0. The third-order valence-corrected chi connectivity index (χ3v) is 2.30. The number of aromatic nitrogens is 3. The Bertz CT molecular complexity index is 561. The van der Waals surface area contributed by atoms with Crippen LogP contribution in [0, 0.1) is 6.92 Å². The zero-order chi connectivity index (χ0) is 12.3. The fourth-order valence-electron chi connectivity index (χ4n) is 1.44. The summed E-state index contributed by atoms with van der Waals surface area (Å²) in [4.78, 5) is 15.6. The van der Waals surface area contributed by atoms with Crippen LogP contribution in [0.2, 0.25) is 0 Å². The largest absolute Gasteiger partial charge is 0.308 e. The third-order valence-electron chi connectivity index (χ3n) is 2.30. The lowest BCUT2D eigenvalue weighted by atomic mass is 10.3. The molecule has 6 heteroatoms. The first-order valence-corrected chi connectivity index (χ1v) is 5.15. The highest BCUT2D eigenvalue weighted by Gasteiger charge is 2.00. The van der Waals surface area contributed by atoms with Crippen molar-refractivity contribution in [2.24, 2.45) is 5.84 Å². The highest BCUT2D eigenvalue weighted by molar-refractivity contribution is 5.33. The molecule has 2 rings (SSSR count). The first-order valence-electron chi connectivity index (χ1n) is 5.15. The van der Waals surface area contributed by atoms with Gasteiger partial charge in [0.2, 0.25) is 0 Å². The van der Waals surface area contributed by atoms with Gasteiger partial charge in [0.05, 0.1) is 12.2 Å². The van der Waals surface area contributed by atoms with E-state index in [-0.39, 0.29) is 5.56 Å². The molecule has 2 heterocycles. The topological polar surface area (TPSA) is 85.8 Å². The van der Waals surface area contributed by atoms with E-state index in [0.29, 0.717) is 12.4 Å². The summed E-state index contributed by atoms with van der Waals surface area (Å²) in [5.74, 6) is 5.80. The van der Waals surface area contributed by atoms with Gasteiger partial charge < -0.3 is 5.43 Å². The van der Waals surface area contributed by atoms with Gasteiger partial charge >= 0.3 is 0 Å². The molecule has 88 valence electrons. The van der Waals surface area contributed by atoms with Crippen LogP contribution < -0.4 is 16.8 Å². The van der Waals surface area contributed by atoms with Crippen molar-refractivity contribution in [2.45, 2.75) is 13.5 Å². The lowest BCUT2D eigenvalue weighted by Gasteiger charge is -2.05. The van der Waals surface area contributed by atoms with Crippen LogP contribution >= 0.6 is 0 Å². The second-order valence-corrected chi connectivity index (χ2v) is 3.67. The van der Waals surface area contributed by atoms with Crippen molar-refractivity contribution in [3.63, 3.8) is 0 Å². The molecule has 0 aromatic carbocycles. The van der Waals surface area contributed by atoms with Crippen molar-refractivity contribution in [3.8, 4) is 0 Å². The molecule has 0 aliphatic heterocycles. The summed E-state index contributed by atoms with van der Waals surface area (Å²) in [6, 6.07) is 6.79. The number of rotatable bonds is 3. The highest BCUT2D eigenvalue weighted by atomic mass is 16.1. The fourth-order valence-corrected chi connectivity index (χ4v) is 1.44. The van der Waals surface area contributed by atoms with Crippen LogP contribution in [0.4, 0.5) is 5.82 Å². The monoisotopic (exact) mass is 231 g/mol. The lowest BCUT2D eigenvalue weighted by molar-refractivity contribution is 0.627. The molecule has 0 fully saturated rings. The normalized spacial score (nSPS) is 10.2. The molecule has 6 nitrogen and oxygen atoms in total. The van der Waals surface area contributed by atoms with Gasteiger partial charge in [-0.25, -0.2) is 15.5 Å². The number of hydrazine groups is 1. The molecule has 0 aliphatic carbocycles. The van der Waals surface area contributed by atoms with Crippen molar-refractivity contribution in [2.75, 3.05) is 5.43 Å². The van der Waals surface area contributed by atoms with Crippen molar-refractivity contribution < 1.29 is 0 Å².